The molecule has 1 aliphatic carbocycles. The van der Waals surface area contributed by atoms with E-state index in [9.17, 15) is 5.11 Å². The van der Waals surface area contributed by atoms with Crippen LogP contribution >= 0.6 is 11.6 Å². The highest BCUT2D eigenvalue weighted by atomic mass is 35.5. The van der Waals surface area contributed by atoms with Crippen LogP contribution < -0.4 is 15.2 Å². The highest BCUT2D eigenvalue weighted by molar-refractivity contribution is 6.31. The fraction of sp³-hybridized carbons (Fsp3) is 0.538. The predicted molar refractivity (Wildman–Crippen MR) is 67.9 cm³/mol. The van der Waals surface area contributed by atoms with Crippen molar-refractivity contribution in [3.05, 3.63) is 22.7 Å². The van der Waals surface area contributed by atoms with Crippen molar-refractivity contribution < 1.29 is 14.6 Å². The van der Waals surface area contributed by atoms with Crippen molar-refractivity contribution in [2.45, 2.75) is 31.4 Å². The van der Waals surface area contributed by atoms with E-state index in [1.807, 2.05) is 0 Å². The zero-order valence-corrected chi connectivity index (χ0v) is 10.7. The van der Waals surface area contributed by atoms with Crippen LogP contribution in [-0.4, -0.2) is 18.0 Å². The van der Waals surface area contributed by atoms with E-state index in [1.54, 1.807) is 12.1 Å². The first kappa shape index (κ1) is 12.1. The van der Waals surface area contributed by atoms with Gasteiger partial charge in [0.05, 0.1) is 12.1 Å². The van der Waals surface area contributed by atoms with Crippen LogP contribution in [0.3, 0.4) is 0 Å². The summed E-state index contributed by atoms with van der Waals surface area (Å²) in [6, 6.07) is 3.00. The van der Waals surface area contributed by atoms with Gasteiger partial charge in [0.25, 0.3) is 0 Å². The highest BCUT2D eigenvalue weighted by Gasteiger charge is 2.32. The van der Waals surface area contributed by atoms with Crippen LogP contribution in [0.4, 0.5) is 0 Å². The van der Waals surface area contributed by atoms with Crippen LogP contribution in [0.1, 0.15) is 30.9 Å². The molecule has 0 spiro atoms. The number of nitrogens with two attached hydrogens (primary N) is 1. The number of hydrogen-bond donors (Lipinski definition) is 2. The molecule has 1 heterocycles. The molecule has 1 aliphatic heterocycles. The number of benzene rings is 1. The third kappa shape index (κ3) is 1.94. The van der Waals surface area contributed by atoms with E-state index in [-0.39, 0.29) is 6.79 Å². The van der Waals surface area contributed by atoms with Crippen molar-refractivity contribution >= 4 is 11.6 Å². The van der Waals surface area contributed by atoms with Crippen LogP contribution in [0.5, 0.6) is 11.5 Å². The molecule has 0 bridgehead atoms. The summed E-state index contributed by atoms with van der Waals surface area (Å²) in [6.07, 6.45) is 2.70. The summed E-state index contributed by atoms with van der Waals surface area (Å²) in [6.45, 7) is 0.204. The van der Waals surface area contributed by atoms with E-state index in [4.69, 9.17) is 26.8 Å². The molecule has 3 N–H and O–H groups in total. The minimum absolute atomic E-state index is 0.204. The van der Waals surface area contributed by atoms with Gasteiger partial charge in [-0.1, -0.05) is 18.0 Å². The largest absolute Gasteiger partial charge is 0.454 e. The number of ether oxygens (including phenoxy) is 2. The van der Waals surface area contributed by atoms with E-state index in [0.29, 0.717) is 22.4 Å². The third-order valence-corrected chi connectivity index (χ3v) is 4.18. The zero-order chi connectivity index (χ0) is 12.7. The lowest BCUT2D eigenvalue weighted by Gasteiger charge is -2.34. The molecule has 0 radical (unpaired) electrons. The number of halogens is 1. The van der Waals surface area contributed by atoms with Gasteiger partial charge in [0.2, 0.25) is 6.79 Å². The van der Waals surface area contributed by atoms with E-state index < -0.39 is 12.1 Å². The maximum Gasteiger partial charge on any atom is 0.231 e. The number of hydrogen-bond acceptors (Lipinski definition) is 4. The molecular weight excluding hydrogens is 254 g/mol. The van der Waals surface area contributed by atoms with Crippen molar-refractivity contribution in [1.82, 2.24) is 0 Å². The van der Waals surface area contributed by atoms with Crippen LogP contribution in [0.25, 0.3) is 0 Å². The Morgan fingerprint density at radius 1 is 1.28 bits per heavy atom. The second-order valence-corrected chi connectivity index (χ2v) is 5.34. The van der Waals surface area contributed by atoms with Crippen molar-refractivity contribution in [3.63, 3.8) is 0 Å². The van der Waals surface area contributed by atoms with Gasteiger partial charge in [0.1, 0.15) is 0 Å². The standard InChI is InChI=1S/C13H16ClNO3/c14-9-5-11-10(17-6-18-11)4-8(9)12(15)13(16)7-2-1-3-7/h4-5,7,12-13,16H,1-3,6,15H2/t12-,13+/m1/s1. The van der Waals surface area contributed by atoms with Gasteiger partial charge in [-0.25, -0.2) is 0 Å². The first-order chi connectivity index (χ1) is 8.66. The van der Waals surface area contributed by atoms with Crippen LogP contribution in [-0.2, 0) is 0 Å². The Labute approximate surface area is 111 Å². The molecule has 0 aromatic heterocycles. The van der Waals surface area contributed by atoms with Crippen LogP contribution in [0.2, 0.25) is 5.02 Å². The normalized spacial score (nSPS) is 21.5. The maximum atomic E-state index is 10.2. The molecule has 1 aromatic rings. The first-order valence-corrected chi connectivity index (χ1v) is 6.57. The van der Waals surface area contributed by atoms with Gasteiger partial charge in [-0.05, 0) is 30.4 Å². The molecule has 0 saturated heterocycles. The first-order valence-electron chi connectivity index (χ1n) is 6.19. The summed E-state index contributed by atoms with van der Waals surface area (Å²) in [5.74, 6) is 1.57. The monoisotopic (exact) mass is 269 g/mol. The molecule has 18 heavy (non-hydrogen) atoms. The molecule has 2 atom stereocenters. The molecule has 1 aromatic carbocycles. The van der Waals surface area contributed by atoms with E-state index >= 15 is 0 Å². The Hall–Kier alpha value is -0.970. The summed E-state index contributed by atoms with van der Waals surface area (Å²) in [4.78, 5) is 0. The summed E-state index contributed by atoms with van der Waals surface area (Å²) in [7, 11) is 0. The summed E-state index contributed by atoms with van der Waals surface area (Å²) < 4.78 is 10.6. The van der Waals surface area contributed by atoms with E-state index in [0.717, 1.165) is 18.4 Å². The van der Waals surface area contributed by atoms with E-state index in [1.165, 1.54) is 6.42 Å². The topological polar surface area (TPSA) is 64.7 Å². The quantitative estimate of drug-likeness (QED) is 0.883. The molecule has 0 unspecified atom stereocenters. The fourth-order valence-electron chi connectivity index (χ4n) is 2.45. The minimum Gasteiger partial charge on any atom is -0.454 e. The summed E-state index contributed by atoms with van der Waals surface area (Å²) >= 11 is 6.19. The smallest absolute Gasteiger partial charge is 0.231 e. The molecule has 5 heteroatoms. The predicted octanol–water partition coefficient (Wildman–Crippen LogP) is 2.23. The van der Waals surface area contributed by atoms with Gasteiger partial charge in [-0.3, -0.25) is 0 Å². The summed E-state index contributed by atoms with van der Waals surface area (Å²) in [5.41, 5.74) is 6.84. The number of aliphatic hydroxyl groups is 1. The molecule has 98 valence electrons. The molecule has 2 aliphatic rings. The number of aliphatic hydroxyl groups excluding tert-OH is 1. The van der Waals surface area contributed by atoms with Crippen molar-refractivity contribution in [2.24, 2.45) is 11.7 Å². The lowest BCUT2D eigenvalue weighted by atomic mass is 9.77. The Balaban J connectivity index is 1.86. The second-order valence-electron chi connectivity index (χ2n) is 4.93. The average molecular weight is 270 g/mol. The van der Waals surface area contributed by atoms with Crippen LogP contribution in [0, 0.1) is 5.92 Å². The minimum atomic E-state index is -0.545. The Kier molecular flexibility index (Phi) is 3.09. The Morgan fingerprint density at radius 2 is 1.94 bits per heavy atom. The van der Waals surface area contributed by atoms with Gasteiger partial charge in [0.15, 0.2) is 11.5 Å². The molecule has 3 rings (SSSR count). The van der Waals surface area contributed by atoms with Crippen molar-refractivity contribution in [3.8, 4) is 11.5 Å². The van der Waals surface area contributed by atoms with Crippen molar-refractivity contribution in [1.29, 1.82) is 0 Å². The van der Waals surface area contributed by atoms with Gasteiger partial charge < -0.3 is 20.3 Å². The number of fused-ring (bicyclic) bond motifs is 1. The zero-order valence-electron chi connectivity index (χ0n) is 9.93. The molecule has 1 saturated carbocycles. The highest BCUT2D eigenvalue weighted by Crippen LogP contribution is 2.41. The van der Waals surface area contributed by atoms with E-state index in [2.05, 4.69) is 0 Å². The fourth-order valence-corrected chi connectivity index (χ4v) is 2.73. The second kappa shape index (κ2) is 4.61. The molecular formula is C13H16ClNO3. The van der Waals surface area contributed by atoms with Crippen LogP contribution in [0.15, 0.2) is 12.1 Å². The molecule has 0 amide bonds. The van der Waals surface area contributed by atoms with Gasteiger partial charge in [0, 0.05) is 11.1 Å². The third-order valence-electron chi connectivity index (χ3n) is 3.85. The Bertz CT molecular complexity index is 462. The lowest BCUT2D eigenvalue weighted by Crippen LogP contribution is -2.36. The lowest BCUT2D eigenvalue weighted by molar-refractivity contribution is 0.0413. The van der Waals surface area contributed by atoms with Crippen molar-refractivity contribution in [2.75, 3.05) is 6.79 Å². The molecule has 1 fully saturated rings. The maximum absolute atomic E-state index is 10.2. The van der Waals surface area contributed by atoms with Gasteiger partial charge in [-0.15, -0.1) is 0 Å². The average Bonchev–Trinajstić information content (AvgIpc) is 2.71. The Morgan fingerprint density at radius 3 is 2.56 bits per heavy atom. The number of rotatable bonds is 3. The molecule has 4 nitrogen and oxygen atoms in total. The van der Waals surface area contributed by atoms with Gasteiger partial charge >= 0.3 is 0 Å². The summed E-state index contributed by atoms with van der Waals surface area (Å²) in [5, 5.41) is 10.7. The SMILES string of the molecule is N[C@H](c1cc2c(cc1Cl)OCO2)[C@@H](O)C1CCC1. The van der Waals surface area contributed by atoms with Gasteiger partial charge in [-0.2, -0.15) is 0 Å².